The van der Waals surface area contributed by atoms with Crippen LogP contribution in [0.1, 0.15) is 11.1 Å². The Morgan fingerprint density at radius 1 is 1.15 bits per heavy atom. The molecule has 4 nitrogen and oxygen atoms in total. The summed E-state index contributed by atoms with van der Waals surface area (Å²) in [5.74, 6) is 1.45. The predicted molar refractivity (Wildman–Crippen MR) is 112 cm³/mol. The average molecular weight is 450 g/mol. The molecule has 0 aromatic heterocycles. The Bertz CT molecular complexity index is 881. The van der Waals surface area contributed by atoms with E-state index in [9.17, 15) is 4.79 Å². The standard InChI is InChI=1S/C19H16BrNO3S2/c1-23-14-6-3-12(4-7-14)11-21-18(22)17(26-19(21)25)10-13-5-8-16(24-2)15(20)9-13/h3-10H,11H2,1-2H3/b17-10-. The smallest absolute Gasteiger partial charge is 0.266 e. The van der Waals surface area contributed by atoms with Crippen molar-refractivity contribution in [3.05, 3.63) is 63.0 Å². The number of rotatable bonds is 5. The van der Waals surface area contributed by atoms with Crippen molar-refractivity contribution in [1.82, 2.24) is 4.90 Å². The maximum atomic E-state index is 12.7. The first kappa shape index (κ1) is 18.9. The summed E-state index contributed by atoms with van der Waals surface area (Å²) < 4.78 is 11.8. The molecule has 1 amide bonds. The first-order valence-electron chi connectivity index (χ1n) is 7.73. The normalized spacial score (nSPS) is 15.7. The zero-order chi connectivity index (χ0) is 18.7. The third-order valence-electron chi connectivity index (χ3n) is 3.85. The summed E-state index contributed by atoms with van der Waals surface area (Å²) in [7, 11) is 3.24. The lowest BCUT2D eigenvalue weighted by Gasteiger charge is -2.14. The van der Waals surface area contributed by atoms with E-state index in [1.54, 1.807) is 19.1 Å². The van der Waals surface area contributed by atoms with E-state index >= 15 is 0 Å². The van der Waals surface area contributed by atoms with Gasteiger partial charge in [0.05, 0.1) is 30.1 Å². The number of benzene rings is 2. The van der Waals surface area contributed by atoms with Gasteiger partial charge in [-0.1, -0.05) is 42.2 Å². The van der Waals surface area contributed by atoms with Gasteiger partial charge in [0.1, 0.15) is 15.8 Å². The highest BCUT2D eigenvalue weighted by Crippen LogP contribution is 2.35. The van der Waals surface area contributed by atoms with Gasteiger partial charge in [0.15, 0.2) is 0 Å². The van der Waals surface area contributed by atoms with Gasteiger partial charge in [-0.05, 0) is 57.4 Å². The molecule has 0 spiro atoms. The molecule has 2 aromatic rings. The van der Waals surface area contributed by atoms with E-state index in [1.807, 2.05) is 48.5 Å². The monoisotopic (exact) mass is 449 g/mol. The molecule has 0 bridgehead atoms. The quantitative estimate of drug-likeness (QED) is 0.480. The van der Waals surface area contributed by atoms with E-state index in [0.717, 1.165) is 27.1 Å². The van der Waals surface area contributed by atoms with Gasteiger partial charge in [-0.15, -0.1) is 0 Å². The fourth-order valence-corrected chi connectivity index (χ4v) is 4.29. The molecule has 1 aliphatic heterocycles. The van der Waals surface area contributed by atoms with Crippen molar-refractivity contribution >= 4 is 56.2 Å². The lowest BCUT2D eigenvalue weighted by molar-refractivity contribution is -0.122. The van der Waals surface area contributed by atoms with E-state index in [0.29, 0.717) is 15.8 Å². The summed E-state index contributed by atoms with van der Waals surface area (Å²) in [4.78, 5) is 15.0. The van der Waals surface area contributed by atoms with Crippen molar-refractivity contribution in [3.8, 4) is 11.5 Å². The minimum Gasteiger partial charge on any atom is -0.497 e. The molecule has 26 heavy (non-hydrogen) atoms. The number of thiocarbonyl (C=S) groups is 1. The molecule has 0 unspecified atom stereocenters. The first-order chi connectivity index (χ1) is 12.5. The van der Waals surface area contributed by atoms with Crippen LogP contribution in [0.25, 0.3) is 6.08 Å². The van der Waals surface area contributed by atoms with Crippen molar-refractivity contribution in [1.29, 1.82) is 0 Å². The molecule has 3 rings (SSSR count). The summed E-state index contributed by atoms with van der Waals surface area (Å²) >= 11 is 10.2. The third kappa shape index (κ3) is 4.11. The fourth-order valence-electron chi connectivity index (χ4n) is 2.47. The van der Waals surface area contributed by atoms with E-state index < -0.39 is 0 Å². The zero-order valence-electron chi connectivity index (χ0n) is 14.2. The van der Waals surface area contributed by atoms with Gasteiger partial charge in [-0.2, -0.15) is 0 Å². The van der Waals surface area contributed by atoms with Crippen LogP contribution in [-0.4, -0.2) is 29.3 Å². The van der Waals surface area contributed by atoms with Crippen molar-refractivity contribution in [3.63, 3.8) is 0 Å². The molecular formula is C19H16BrNO3S2. The minimum absolute atomic E-state index is 0.0808. The largest absolute Gasteiger partial charge is 0.497 e. The summed E-state index contributed by atoms with van der Waals surface area (Å²) in [6.45, 7) is 0.443. The topological polar surface area (TPSA) is 38.8 Å². The Morgan fingerprint density at radius 3 is 2.50 bits per heavy atom. The van der Waals surface area contributed by atoms with Crippen LogP contribution in [0.4, 0.5) is 0 Å². The highest BCUT2D eigenvalue weighted by Gasteiger charge is 2.32. The number of hydrogen-bond acceptors (Lipinski definition) is 5. The Kier molecular flexibility index (Phi) is 6.01. The van der Waals surface area contributed by atoms with Crippen LogP contribution in [0.3, 0.4) is 0 Å². The van der Waals surface area contributed by atoms with E-state index in [1.165, 1.54) is 11.8 Å². The first-order valence-corrected chi connectivity index (χ1v) is 9.75. The highest BCUT2D eigenvalue weighted by molar-refractivity contribution is 9.10. The number of thioether (sulfide) groups is 1. The van der Waals surface area contributed by atoms with E-state index in [2.05, 4.69) is 15.9 Å². The van der Waals surface area contributed by atoms with Crippen LogP contribution >= 0.6 is 39.9 Å². The molecule has 0 radical (unpaired) electrons. The number of amides is 1. The van der Waals surface area contributed by atoms with Gasteiger partial charge in [-0.3, -0.25) is 9.69 Å². The Labute approximate surface area is 170 Å². The van der Waals surface area contributed by atoms with Crippen molar-refractivity contribution in [2.24, 2.45) is 0 Å². The molecule has 1 aliphatic rings. The molecule has 1 heterocycles. The van der Waals surface area contributed by atoms with Crippen LogP contribution in [0.2, 0.25) is 0 Å². The highest BCUT2D eigenvalue weighted by atomic mass is 79.9. The third-order valence-corrected chi connectivity index (χ3v) is 5.84. The number of ether oxygens (including phenoxy) is 2. The molecule has 1 saturated heterocycles. The van der Waals surface area contributed by atoms with Gasteiger partial charge in [-0.25, -0.2) is 0 Å². The molecule has 2 aromatic carbocycles. The van der Waals surface area contributed by atoms with Crippen LogP contribution in [0.5, 0.6) is 11.5 Å². The zero-order valence-corrected chi connectivity index (χ0v) is 17.4. The molecule has 1 fully saturated rings. The number of methoxy groups -OCH3 is 2. The minimum atomic E-state index is -0.0808. The Balaban J connectivity index is 1.78. The van der Waals surface area contributed by atoms with Crippen molar-refractivity contribution < 1.29 is 14.3 Å². The maximum absolute atomic E-state index is 12.7. The van der Waals surface area contributed by atoms with Crippen LogP contribution < -0.4 is 9.47 Å². The second-order valence-corrected chi connectivity index (χ2v) is 8.04. The van der Waals surface area contributed by atoms with E-state index in [4.69, 9.17) is 21.7 Å². The van der Waals surface area contributed by atoms with Gasteiger partial charge >= 0.3 is 0 Å². The summed E-state index contributed by atoms with van der Waals surface area (Å²) in [6, 6.07) is 13.3. The Morgan fingerprint density at radius 2 is 1.88 bits per heavy atom. The molecule has 134 valence electrons. The molecular weight excluding hydrogens is 434 g/mol. The molecule has 7 heteroatoms. The molecule has 0 aliphatic carbocycles. The maximum Gasteiger partial charge on any atom is 0.266 e. The number of halogens is 1. The van der Waals surface area contributed by atoms with Crippen molar-refractivity contribution in [2.75, 3.05) is 14.2 Å². The fraction of sp³-hybridized carbons (Fsp3) is 0.158. The number of carbonyl (C=O) groups is 1. The van der Waals surface area contributed by atoms with Crippen LogP contribution in [0.15, 0.2) is 51.8 Å². The van der Waals surface area contributed by atoms with Gasteiger partial charge in [0.2, 0.25) is 0 Å². The summed E-state index contributed by atoms with van der Waals surface area (Å²) in [5, 5.41) is 0. The number of hydrogen-bond donors (Lipinski definition) is 0. The lowest BCUT2D eigenvalue weighted by Crippen LogP contribution is -2.27. The predicted octanol–water partition coefficient (Wildman–Crippen LogP) is 4.87. The van der Waals surface area contributed by atoms with Gasteiger partial charge < -0.3 is 9.47 Å². The SMILES string of the molecule is COc1ccc(CN2C(=O)/C(=C/c3ccc(OC)c(Br)c3)SC2=S)cc1. The van der Waals surface area contributed by atoms with Crippen LogP contribution in [0, 0.1) is 0 Å². The van der Waals surface area contributed by atoms with E-state index in [-0.39, 0.29) is 5.91 Å². The van der Waals surface area contributed by atoms with Gasteiger partial charge in [0.25, 0.3) is 5.91 Å². The lowest BCUT2D eigenvalue weighted by atomic mass is 10.2. The number of nitrogens with zero attached hydrogens (tertiary/aromatic N) is 1. The molecule has 0 atom stereocenters. The van der Waals surface area contributed by atoms with Gasteiger partial charge in [0, 0.05) is 0 Å². The average Bonchev–Trinajstić information content (AvgIpc) is 2.90. The molecule has 0 saturated carbocycles. The second kappa shape index (κ2) is 8.24. The second-order valence-electron chi connectivity index (χ2n) is 5.51. The van der Waals surface area contributed by atoms with Crippen LogP contribution in [-0.2, 0) is 11.3 Å². The molecule has 0 N–H and O–H groups in total. The summed E-state index contributed by atoms with van der Waals surface area (Å²) in [6.07, 6.45) is 1.84. The number of carbonyl (C=O) groups excluding carboxylic acids is 1. The summed E-state index contributed by atoms with van der Waals surface area (Å²) in [5.41, 5.74) is 1.90. The Hall–Kier alpha value is -1.83. The van der Waals surface area contributed by atoms with Crippen molar-refractivity contribution in [2.45, 2.75) is 6.54 Å².